The molecule has 0 bridgehead atoms. The second-order valence-electron chi connectivity index (χ2n) is 2.82. The van der Waals surface area contributed by atoms with Crippen LogP contribution in [0.3, 0.4) is 0 Å². The highest BCUT2D eigenvalue weighted by atomic mass is 16.5. The summed E-state index contributed by atoms with van der Waals surface area (Å²) in [6.45, 7) is 0.454. The number of H-pyrrole nitrogens is 1. The first kappa shape index (κ1) is 8.07. The molecule has 0 unspecified atom stereocenters. The highest BCUT2D eigenvalue weighted by Crippen LogP contribution is 2.17. The molecule has 2 aromatic rings. The number of nitrogens with one attached hydrogen (secondary N) is 1. The molecule has 68 valence electrons. The largest absolute Gasteiger partial charge is 0.508 e. The van der Waals surface area contributed by atoms with E-state index in [4.69, 9.17) is 4.74 Å². The van der Waals surface area contributed by atoms with E-state index in [2.05, 4.69) is 9.97 Å². The minimum absolute atomic E-state index is 0.236. The zero-order valence-corrected chi connectivity index (χ0v) is 7.24. The topological polar surface area (TPSA) is 58.1 Å². The van der Waals surface area contributed by atoms with E-state index in [9.17, 15) is 5.11 Å². The van der Waals surface area contributed by atoms with Gasteiger partial charge in [-0.3, -0.25) is 0 Å². The number of benzene rings is 1. The number of phenolic OH excluding ortho intramolecular Hbond substituents is 1. The Kier molecular flexibility index (Phi) is 1.90. The van der Waals surface area contributed by atoms with Crippen molar-refractivity contribution < 1.29 is 9.84 Å². The molecule has 2 rings (SSSR count). The van der Waals surface area contributed by atoms with Gasteiger partial charge in [0, 0.05) is 13.2 Å². The number of aromatic nitrogens is 2. The van der Waals surface area contributed by atoms with E-state index in [1.807, 2.05) is 0 Å². The summed E-state index contributed by atoms with van der Waals surface area (Å²) in [5, 5.41) is 9.19. The van der Waals surface area contributed by atoms with Crippen molar-refractivity contribution in [1.29, 1.82) is 0 Å². The maximum atomic E-state index is 9.19. The van der Waals surface area contributed by atoms with E-state index in [1.54, 1.807) is 25.3 Å². The Morgan fingerprint density at radius 2 is 2.38 bits per heavy atom. The van der Waals surface area contributed by atoms with Gasteiger partial charge >= 0.3 is 0 Å². The SMILES string of the molecule is COCc1nc2ccc(O)cc2[nH]1. The van der Waals surface area contributed by atoms with Crippen LogP contribution in [-0.2, 0) is 11.3 Å². The molecule has 0 saturated heterocycles. The monoisotopic (exact) mass is 178 g/mol. The maximum absolute atomic E-state index is 9.19. The number of aromatic hydroxyl groups is 1. The van der Waals surface area contributed by atoms with E-state index in [1.165, 1.54) is 0 Å². The standard InChI is InChI=1S/C9H10N2O2/c1-13-5-9-10-7-3-2-6(12)4-8(7)11-9/h2-4,12H,5H2,1H3,(H,10,11). The van der Waals surface area contributed by atoms with Gasteiger partial charge in [0.05, 0.1) is 11.0 Å². The molecule has 0 aliphatic rings. The summed E-state index contributed by atoms with van der Waals surface area (Å²) >= 11 is 0. The zero-order chi connectivity index (χ0) is 9.26. The second kappa shape index (κ2) is 3.06. The average Bonchev–Trinajstić information content (AvgIpc) is 2.46. The molecular weight excluding hydrogens is 168 g/mol. The number of imidazole rings is 1. The molecule has 4 nitrogen and oxygen atoms in total. The summed E-state index contributed by atoms with van der Waals surface area (Å²) in [7, 11) is 1.62. The summed E-state index contributed by atoms with van der Waals surface area (Å²) in [5.41, 5.74) is 1.66. The van der Waals surface area contributed by atoms with Crippen molar-refractivity contribution in [3.8, 4) is 5.75 Å². The summed E-state index contributed by atoms with van der Waals surface area (Å²) in [6.07, 6.45) is 0. The fourth-order valence-electron chi connectivity index (χ4n) is 1.26. The zero-order valence-electron chi connectivity index (χ0n) is 7.24. The van der Waals surface area contributed by atoms with E-state index in [0.717, 1.165) is 16.9 Å². The lowest BCUT2D eigenvalue weighted by Crippen LogP contribution is -1.88. The number of rotatable bonds is 2. The van der Waals surface area contributed by atoms with Crippen LogP contribution in [0.1, 0.15) is 5.82 Å². The van der Waals surface area contributed by atoms with Crippen molar-refractivity contribution in [2.75, 3.05) is 7.11 Å². The van der Waals surface area contributed by atoms with Crippen molar-refractivity contribution in [2.45, 2.75) is 6.61 Å². The van der Waals surface area contributed by atoms with Crippen LogP contribution in [0.5, 0.6) is 5.75 Å². The molecule has 0 fully saturated rings. The lowest BCUT2D eigenvalue weighted by molar-refractivity contribution is 0.179. The molecule has 2 N–H and O–H groups in total. The van der Waals surface area contributed by atoms with Crippen molar-refractivity contribution in [1.82, 2.24) is 9.97 Å². The normalized spacial score (nSPS) is 10.8. The molecule has 0 aliphatic carbocycles. The Labute approximate surface area is 75.2 Å². The summed E-state index contributed by atoms with van der Waals surface area (Å²) in [6, 6.07) is 5.02. The Bertz CT molecular complexity index is 422. The van der Waals surface area contributed by atoms with Crippen molar-refractivity contribution >= 4 is 11.0 Å². The molecule has 1 aromatic heterocycles. The highest BCUT2D eigenvalue weighted by Gasteiger charge is 2.01. The van der Waals surface area contributed by atoms with E-state index in [-0.39, 0.29) is 5.75 Å². The van der Waals surface area contributed by atoms with Crippen LogP contribution >= 0.6 is 0 Å². The van der Waals surface area contributed by atoms with Crippen LogP contribution in [0.15, 0.2) is 18.2 Å². The predicted molar refractivity (Wildman–Crippen MR) is 48.5 cm³/mol. The molecule has 0 aliphatic heterocycles. The predicted octanol–water partition coefficient (Wildman–Crippen LogP) is 1.41. The number of hydrogen-bond acceptors (Lipinski definition) is 3. The second-order valence-corrected chi connectivity index (χ2v) is 2.82. The number of nitrogens with zero attached hydrogens (tertiary/aromatic N) is 1. The summed E-state index contributed by atoms with van der Waals surface area (Å²) in [4.78, 5) is 7.29. The minimum Gasteiger partial charge on any atom is -0.508 e. The first-order valence-electron chi connectivity index (χ1n) is 3.96. The number of ether oxygens (including phenoxy) is 1. The Balaban J connectivity index is 2.49. The summed E-state index contributed by atoms with van der Waals surface area (Å²) < 4.78 is 4.93. The molecule has 0 saturated carbocycles. The third-order valence-corrected chi connectivity index (χ3v) is 1.80. The van der Waals surface area contributed by atoms with E-state index < -0.39 is 0 Å². The minimum atomic E-state index is 0.236. The lowest BCUT2D eigenvalue weighted by Gasteiger charge is -1.90. The van der Waals surface area contributed by atoms with Gasteiger partial charge in [-0.05, 0) is 12.1 Å². The number of aromatic amines is 1. The smallest absolute Gasteiger partial charge is 0.133 e. The van der Waals surface area contributed by atoms with Gasteiger partial charge < -0.3 is 14.8 Å². The molecule has 1 heterocycles. The van der Waals surface area contributed by atoms with Crippen LogP contribution < -0.4 is 0 Å². The average molecular weight is 178 g/mol. The van der Waals surface area contributed by atoms with Crippen molar-refractivity contribution in [3.05, 3.63) is 24.0 Å². The van der Waals surface area contributed by atoms with Crippen molar-refractivity contribution in [2.24, 2.45) is 0 Å². The van der Waals surface area contributed by atoms with Gasteiger partial charge in [0.1, 0.15) is 18.2 Å². The quantitative estimate of drug-likeness (QED) is 0.731. The van der Waals surface area contributed by atoms with Crippen LogP contribution in [-0.4, -0.2) is 22.2 Å². The van der Waals surface area contributed by atoms with Gasteiger partial charge in [0.2, 0.25) is 0 Å². The highest BCUT2D eigenvalue weighted by molar-refractivity contribution is 5.76. The number of fused-ring (bicyclic) bond motifs is 1. The first-order valence-corrected chi connectivity index (χ1v) is 3.96. The Morgan fingerprint density at radius 1 is 1.54 bits per heavy atom. The molecule has 1 aromatic carbocycles. The van der Waals surface area contributed by atoms with Gasteiger partial charge in [-0.1, -0.05) is 0 Å². The Hall–Kier alpha value is -1.55. The molecule has 4 heteroatoms. The number of phenols is 1. The molecule has 0 radical (unpaired) electrons. The van der Waals surface area contributed by atoms with Crippen LogP contribution in [0, 0.1) is 0 Å². The molecule has 0 spiro atoms. The van der Waals surface area contributed by atoms with Gasteiger partial charge in [-0.2, -0.15) is 0 Å². The van der Waals surface area contributed by atoms with E-state index in [0.29, 0.717) is 6.61 Å². The Morgan fingerprint density at radius 3 is 3.15 bits per heavy atom. The lowest BCUT2D eigenvalue weighted by atomic mass is 10.3. The molecular formula is C9H10N2O2. The van der Waals surface area contributed by atoms with Crippen LogP contribution in [0.4, 0.5) is 0 Å². The van der Waals surface area contributed by atoms with Gasteiger partial charge in [-0.25, -0.2) is 4.98 Å². The van der Waals surface area contributed by atoms with Gasteiger partial charge in [0.25, 0.3) is 0 Å². The first-order chi connectivity index (χ1) is 6.29. The van der Waals surface area contributed by atoms with E-state index >= 15 is 0 Å². The van der Waals surface area contributed by atoms with Gasteiger partial charge in [0.15, 0.2) is 0 Å². The maximum Gasteiger partial charge on any atom is 0.133 e. The van der Waals surface area contributed by atoms with Crippen LogP contribution in [0.25, 0.3) is 11.0 Å². The van der Waals surface area contributed by atoms with Gasteiger partial charge in [-0.15, -0.1) is 0 Å². The fraction of sp³-hybridized carbons (Fsp3) is 0.222. The molecule has 13 heavy (non-hydrogen) atoms. The molecule has 0 amide bonds. The van der Waals surface area contributed by atoms with Crippen LogP contribution in [0.2, 0.25) is 0 Å². The number of hydrogen-bond donors (Lipinski definition) is 2. The summed E-state index contributed by atoms with van der Waals surface area (Å²) in [5.74, 6) is 1.00. The molecule has 0 atom stereocenters. The van der Waals surface area contributed by atoms with Crippen molar-refractivity contribution in [3.63, 3.8) is 0 Å². The third-order valence-electron chi connectivity index (χ3n) is 1.80. The fourth-order valence-corrected chi connectivity index (χ4v) is 1.26. The number of methoxy groups -OCH3 is 1. The third kappa shape index (κ3) is 1.48.